The first-order valence-electron chi connectivity index (χ1n) is 8.04. The van der Waals surface area contributed by atoms with Gasteiger partial charge in [-0.2, -0.15) is 5.10 Å². The Bertz CT molecular complexity index is 626. The third-order valence-corrected chi connectivity index (χ3v) is 5.26. The lowest BCUT2D eigenvalue weighted by atomic mass is 10.2. The molecule has 0 aliphatic carbocycles. The summed E-state index contributed by atoms with van der Waals surface area (Å²) in [6.07, 6.45) is 3.89. The minimum Gasteiger partial charge on any atom is -0.383 e. The van der Waals surface area contributed by atoms with Crippen LogP contribution in [0.1, 0.15) is 12.6 Å². The quantitative estimate of drug-likeness (QED) is 0.804. The van der Waals surface area contributed by atoms with E-state index in [4.69, 9.17) is 9.72 Å². The van der Waals surface area contributed by atoms with Gasteiger partial charge in [0, 0.05) is 70.1 Å². The van der Waals surface area contributed by atoms with Crippen LogP contribution in [0.25, 0.3) is 10.6 Å². The lowest BCUT2D eigenvalue weighted by molar-refractivity contribution is 0.0553. The molecule has 0 radical (unpaired) electrons. The number of ether oxygens (including phenoxy) is 1. The van der Waals surface area contributed by atoms with Gasteiger partial charge < -0.3 is 4.74 Å². The van der Waals surface area contributed by atoms with Gasteiger partial charge in [-0.3, -0.25) is 14.5 Å². The summed E-state index contributed by atoms with van der Waals surface area (Å²) < 4.78 is 7.01. The molecular formula is C16H25N5OS. The van der Waals surface area contributed by atoms with Crippen molar-refractivity contribution in [3.63, 3.8) is 0 Å². The first-order chi connectivity index (χ1) is 11.2. The van der Waals surface area contributed by atoms with Gasteiger partial charge in [-0.25, -0.2) is 4.98 Å². The summed E-state index contributed by atoms with van der Waals surface area (Å²) in [4.78, 5) is 9.77. The van der Waals surface area contributed by atoms with Gasteiger partial charge in [-0.15, -0.1) is 11.3 Å². The molecule has 3 rings (SSSR count). The van der Waals surface area contributed by atoms with Crippen molar-refractivity contribution in [2.45, 2.75) is 19.5 Å². The van der Waals surface area contributed by atoms with Crippen LogP contribution in [0.2, 0.25) is 0 Å². The Morgan fingerprint density at radius 1 is 1.39 bits per heavy atom. The predicted octanol–water partition coefficient (Wildman–Crippen LogP) is 1.70. The van der Waals surface area contributed by atoms with Gasteiger partial charge in [0.1, 0.15) is 5.01 Å². The number of thiazole rings is 1. The molecule has 0 N–H and O–H groups in total. The molecule has 6 nitrogen and oxygen atoms in total. The Labute approximate surface area is 141 Å². The van der Waals surface area contributed by atoms with Crippen LogP contribution in [-0.2, 0) is 18.3 Å². The Morgan fingerprint density at radius 3 is 2.96 bits per heavy atom. The second-order valence-corrected chi connectivity index (χ2v) is 7.02. The van der Waals surface area contributed by atoms with Gasteiger partial charge in [0.2, 0.25) is 0 Å². The topological polar surface area (TPSA) is 46.4 Å². The highest BCUT2D eigenvalue weighted by Gasteiger charge is 2.23. The van der Waals surface area contributed by atoms with Crippen molar-refractivity contribution in [2.24, 2.45) is 7.05 Å². The number of aromatic nitrogens is 3. The third-order valence-electron chi connectivity index (χ3n) is 4.32. The van der Waals surface area contributed by atoms with Crippen molar-refractivity contribution in [3.8, 4) is 10.6 Å². The second-order valence-electron chi connectivity index (χ2n) is 6.16. The van der Waals surface area contributed by atoms with E-state index in [1.54, 1.807) is 18.4 Å². The van der Waals surface area contributed by atoms with E-state index in [2.05, 4.69) is 27.2 Å². The summed E-state index contributed by atoms with van der Waals surface area (Å²) >= 11 is 1.70. The molecule has 126 valence electrons. The average Bonchev–Trinajstić information content (AvgIpc) is 3.15. The number of nitrogens with zero attached hydrogens (tertiary/aromatic N) is 5. The van der Waals surface area contributed by atoms with Crippen LogP contribution in [0.15, 0.2) is 17.8 Å². The van der Waals surface area contributed by atoms with Crippen molar-refractivity contribution < 1.29 is 4.74 Å². The van der Waals surface area contributed by atoms with Crippen molar-refractivity contribution in [1.82, 2.24) is 24.6 Å². The highest BCUT2D eigenvalue weighted by molar-refractivity contribution is 7.13. The van der Waals surface area contributed by atoms with Crippen LogP contribution in [-0.4, -0.2) is 70.5 Å². The zero-order valence-corrected chi connectivity index (χ0v) is 14.9. The molecule has 0 aromatic carbocycles. The van der Waals surface area contributed by atoms with Crippen molar-refractivity contribution in [3.05, 3.63) is 23.5 Å². The van der Waals surface area contributed by atoms with Crippen molar-refractivity contribution in [2.75, 3.05) is 39.9 Å². The number of methoxy groups -OCH3 is 1. The highest BCUT2D eigenvalue weighted by Crippen LogP contribution is 2.24. The fraction of sp³-hybridized carbons (Fsp3) is 0.625. The number of piperazine rings is 1. The molecule has 1 atom stereocenters. The Morgan fingerprint density at radius 2 is 2.26 bits per heavy atom. The van der Waals surface area contributed by atoms with Crippen LogP contribution in [0.4, 0.5) is 0 Å². The molecule has 1 aliphatic rings. The molecule has 23 heavy (non-hydrogen) atoms. The second kappa shape index (κ2) is 7.53. The molecule has 2 aromatic heterocycles. The van der Waals surface area contributed by atoms with Crippen LogP contribution in [0.3, 0.4) is 0 Å². The first-order valence-corrected chi connectivity index (χ1v) is 8.92. The zero-order chi connectivity index (χ0) is 16.2. The fourth-order valence-electron chi connectivity index (χ4n) is 3.03. The van der Waals surface area contributed by atoms with E-state index in [1.165, 1.54) is 0 Å². The maximum absolute atomic E-state index is 5.19. The maximum atomic E-state index is 5.19. The van der Waals surface area contributed by atoms with Gasteiger partial charge in [0.25, 0.3) is 0 Å². The molecule has 0 saturated carbocycles. The summed E-state index contributed by atoms with van der Waals surface area (Å²) in [7, 11) is 3.70. The highest BCUT2D eigenvalue weighted by atomic mass is 32.1. The van der Waals surface area contributed by atoms with Gasteiger partial charge in [0.05, 0.1) is 18.5 Å². The lowest BCUT2D eigenvalue weighted by Crippen LogP contribution is -2.52. The van der Waals surface area contributed by atoms with Gasteiger partial charge in [-0.1, -0.05) is 0 Å². The Hall–Kier alpha value is -1.28. The Balaban J connectivity index is 1.55. The summed E-state index contributed by atoms with van der Waals surface area (Å²) in [6, 6.07) is 0.565. The average molecular weight is 335 g/mol. The molecule has 1 aliphatic heterocycles. The van der Waals surface area contributed by atoms with Gasteiger partial charge >= 0.3 is 0 Å². The molecule has 1 saturated heterocycles. The van der Waals surface area contributed by atoms with Gasteiger partial charge in [-0.05, 0) is 6.92 Å². The normalized spacial score (nSPS) is 20.2. The lowest BCUT2D eigenvalue weighted by Gasteiger charge is -2.39. The SMILES string of the molecule is COCCN1CCN(Cc2csc(-c3cnn(C)c3)n2)CC1C. The Kier molecular flexibility index (Phi) is 5.42. The molecule has 2 aromatic rings. The van der Waals surface area contributed by atoms with Crippen LogP contribution >= 0.6 is 11.3 Å². The molecule has 1 unspecified atom stereocenters. The largest absolute Gasteiger partial charge is 0.383 e. The zero-order valence-electron chi connectivity index (χ0n) is 14.1. The van der Waals surface area contributed by atoms with Crippen LogP contribution in [0, 0.1) is 0 Å². The molecule has 0 bridgehead atoms. The maximum Gasteiger partial charge on any atom is 0.126 e. The number of aryl methyl sites for hydroxylation is 1. The minimum absolute atomic E-state index is 0.565. The molecule has 3 heterocycles. The molecular weight excluding hydrogens is 310 g/mol. The summed E-state index contributed by atoms with van der Waals surface area (Å²) in [5, 5.41) is 7.44. The third kappa shape index (κ3) is 4.17. The number of hydrogen-bond acceptors (Lipinski definition) is 6. The van der Waals surface area contributed by atoms with E-state index in [1.807, 2.05) is 24.1 Å². The summed E-state index contributed by atoms with van der Waals surface area (Å²) in [6.45, 7) is 8.34. The number of hydrogen-bond donors (Lipinski definition) is 0. The molecule has 1 fully saturated rings. The number of rotatable bonds is 6. The first kappa shape index (κ1) is 16.6. The van der Waals surface area contributed by atoms with E-state index < -0.39 is 0 Å². The van der Waals surface area contributed by atoms with Crippen molar-refractivity contribution in [1.29, 1.82) is 0 Å². The predicted molar refractivity (Wildman–Crippen MR) is 92.5 cm³/mol. The van der Waals surface area contributed by atoms with E-state index in [0.29, 0.717) is 6.04 Å². The van der Waals surface area contributed by atoms with E-state index >= 15 is 0 Å². The summed E-state index contributed by atoms with van der Waals surface area (Å²) in [5.41, 5.74) is 2.26. The monoisotopic (exact) mass is 335 g/mol. The molecule has 7 heteroatoms. The van der Waals surface area contributed by atoms with E-state index in [0.717, 1.165) is 55.6 Å². The smallest absolute Gasteiger partial charge is 0.126 e. The van der Waals surface area contributed by atoms with Crippen LogP contribution in [0.5, 0.6) is 0 Å². The van der Waals surface area contributed by atoms with Crippen LogP contribution < -0.4 is 0 Å². The van der Waals surface area contributed by atoms with E-state index in [-0.39, 0.29) is 0 Å². The minimum atomic E-state index is 0.565. The van der Waals surface area contributed by atoms with E-state index in [9.17, 15) is 0 Å². The van der Waals surface area contributed by atoms with Gasteiger partial charge in [0.15, 0.2) is 0 Å². The summed E-state index contributed by atoms with van der Waals surface area (Å²) in [5.74, 6) is 0. The fourth-order valence-corrected chi connectivity index (χ4v) is 3.81. The molecule has 0 spiro atoms. The standard InChI is InChI=1S/C16H25N5OS/c1-13-9-20(4-5-21(13)6-7-22-3)11-15-12-23-16(18-15)14-8-17-19(2)10-14/h8,10,12-13H,4-7,9,11H2,1-3H3. The van der Waals surface area contributed by atoms with Crippen molar-refractivity contribution >= 4 is 11.3 Å². The molecule has 0 amide bonds.